The monoisotopic (exact) mass is 208 g/mol. The fraction of sp³-hybridized carbons (Fsp3) is 0.300. The molecule has 0 radical (unpaired) electrons. The van der Waals surface area contributed by atoms with Crippen molar-refractivity contribution in [3.8, 4) is 0 Å². The van der Waals surface area contributed by atoms with Crippen molar-refractivity contribution >= 4 is 17.6 Å². The van der Waals surface area contributed by atoms with Gasteiger partial charge in [0.15, 0.2) is 5.69 Å². The Labute approximate surface area is 87.5 Å². The van der Waals surface area contributed by atoms with Crippen molar-refractivity contribution in [1.29, 1.82) is 0 Å². The zero-order valence-electron chi connectivity index (χ0n) is 8.61. The molecule has 5 nitrogen and oxygen atoms in total. The van der Waals surface area contributed by atoms with E-state index in [2.05, 4.69) is 10.3 Å². The molecule has 0 aliphatic carbocycles. The summed E-state index contributed by atoms with van der Waals surface area (Å²) in [6.07, 6.45) is 1.47. The lowest BCUT2D eigenvalue weighted by Crippen LogP contribution is -2.14. The van der Waals surface area contributed by atoms with Gasteiger partial charge < -0.3 is 10.1 Å². The molecule has 0 aliphatic rings. The van der Waals surface area contributed by atoms with E-state index in [1.54, 1.807) is 19.1 Å². The SMILES string of the molecule is CCOC(=O)c1ncccc1NC(C)=O. The maximum atomic E-state index is 11.4. The first kappa shape index (κ1) is 11.2. The third-order valence-electron chi connectivity index (χ3n) is 1.59. The Morgan fingerprint density at radius 2 is 2.27 bits per heavy atom. The number of hydrogen-bond acceptors (Lipinski definition) is 4. The van der Waals surface area contributed by atoms with Crippen LogP contribution in [-0.2, 0) is 9.53 Å². The molecular formula is C10H12N2O3. The summed E-state index contributed by atoms with van der Waals surface area (Å²) in [7, 11) is 0. The average molecular weight is 208 g/mol. The fourth-order valence-electron chi connectivity index (χ4n) is 1.06. The van der Waals surface area contributed by atoms with E-state index in [0.29, 0.717) is 5.69 Å². The molecule has 0 aliphatic heterocycles. The number of pyridine rings is 1. The predicted molar refractivity (Wildman–Crippen MR) is 54.5 cm³/mol. The minimum Gasteiger partial charge on any atom is -0.461 e. The molecule has 1 rings (SSSR count). The number of nitrogens with zero attached hydrogens (tertiary/aromatic N) is 1. The number of hydrogen-bond donors (Lipinski definition) is 1. The third kappa shape index (κ3) is 3.05. The minimum atomic E-state index is -0.540. The van der Waals surface area contributed by atoms with Crippen LogP contribution in [0.3, 0.4) is 0 Å². The van der Waals surface area contributed by atoms with Crippen molar-refractivity contribution in [2.45, 2.75) is 13.8 Å². The summed E-state index contributed by atoms with van der Waals surface area (Å²) in [5.74, 6) is -0.796. The van der Waals surface area contributed by atoms with E-state index >= 15 is 0 Å². The summed E-state index contributed by atoms with van der Waals surface area (Å²) in [5, 5.41) is 2.51. The van der Waals surface area contributed by atoms with Crippen LogP contribution in [0.5, 0.6) is 0 Å². The molecule has 5 heteroatoms. The van der Waals surface area contributed by atoms with Crippen molar-refractivity contribution in [1.82, 2.24) is 4.98 Å². The summed E-state index contributed by atoms with van der Waals surface area (Å²) in [5.41, 5.74) is 0.484. The summed E-state index contributed by atoms with van der Waals surface area (Å²) in [4.78, 5) is 26.1. The average Bonchev–Trinajstić information content (AvgIpc) is 2.18. The number of anilines is 1. The largest absolute Gasteiger partial charge is 0.461 e. The van der Waals surface area contributed by atoms with Gasteiger partial charge in [0.25, 0.3) is 0 Å². The molecule has 0 saturated heterocycles. The van der Waals surface area contributed by atoms with Gasteiger partial charge in [0.1, 0.15) is 0 Å². The second-order valence-corrected chi connectivity index (χ2v) is 2.80. The molecule has 80 valence electrons. The second-order valence-electron chi connectivity index (χ2n) is 2.80. The predicted octanol–water partition coefficient (Wildman–Crippen LogP) is 1.22. The molecule has 0 fully saturated rings. The molecule has 0 aromatic carbocycles. The Kier molecular flexibility index (Phi) is 3.79. The maximum Gasteiger partial charge on any atom is 0.359 e. The smallest absolute Gasteiger partial charge is 0.359 e. The Morgan fingerprint density at radius 3 is 2.87 bits per heavy atom. The Morgan fingerprint density at radius 1 is 1.53 bits per heavy atom. The van der Waals surface area contributed by atoms with Crippen molar-refractivity contribution in [3.63, 3.8) is 0 Å². The first-order valence-corrected chi connectivity index (χ1v) is 4.55. The minimum absolute atomic E-state index is 0.120. The number of ether oxygens (including phenoxy) is 1. The number of carbonyl (C=O) groups is 2. The van der Waals surface area contributed by atoms with Crippen LogP contribution >= 0.6 is 0 Å². The highest BCUT2D eigenvalue weighted by Gasteiger charge is 2.13. The lowest BCUT2D eigenvalue weighted by Gasteiger charge is -2.07. The summed E-state index contributed by atoms with van der Waals surface area (Å²) in [6.45, 7) is 3.34. The van der Waals surface area contributed by atoms with E-state index in [1.807, 2.05) is 0 Å². The normalized spacial score (nSPS) is 9.47. The topological polar surface area (TPSA) is 68.3 Å². The molecule has 0 atom stereocenters. The first-order chi connectivity index (χ1) is 7.15. The van der Waals surface area contributed by atoms with E-state index < -0.39 is 5.97 Å². The molecule has 15 heavy (non-hydrogen) atoms. The standard InChI is InChI=1S/C10H12N2O3/c1-3-15-10(14)9-8(12-7(2)13)5-4-6-11-9/h4-6H,3H2,1-2H3,(H,12,13). The molecule has 0 saturated carbocycles. The van der Waals surface area contributed by atoms with Crippen molar-refractivity contribution < 1.29 is 14.3 Å². The van der Waals surface area contributed by atoms with Crippen molar-refractivity contribution in [2.75, 3.05) is 11.9 Å². The lowest BCUT2D eigenvalue weighted by atomic mass is 10.3. The van der Waals surface area contributed by atoms with Crippen LogP contribution in [0.25, 0.3) is 0 Å². The molecule has 0 unspecified atom stereocenters. The molecule has 1 heterocycles. The molecule has 1 N–H and O–H groups in total. The Bertz CT molecular complexity index is 377. The number of aromatic nitrogens is 1. The summed E-state index contributed by atoms with van der Waals surface area (Å²) in [6, 6.07) is 3.23. The van der Waals surface area contributed by atoms with E-state index in [4.69, 9.17) is 4.74 Å². The van der Waals surface area contributed by atoms with E-state index in [-0.39, 0.29) is 18.2 Å². The van der Waals surface area contributed by atoms with E-state index in [0.717, 1.165) is 0 Å². The first-order valence-electron chi connectivity index (χ1n) is 4.55. The quantitative estimate of drug-likeness (QED) is 0.758. The molecule has 0 spiro atoms. The van der Waals surface area contributed by atoms with Gasteiger partial charge in [-0.1, -0.05) is 0 Å². The van der Waals surface area contributed by atoms with Gasteiger partial charge in [-0.2, -0.15) is 0 Å². The van der Waals surface area contributed by atoms with Crippen molar-refractivity contribution in [2.24, 2.45) is 0 Å². The highest BCUT2D eigenvalue weighted by atomic mass is 16.5. The van der Waals surface area contributed by atoms with Gasteiger partial charge in [-0.15, -0.1) is 0 Å². The van der Waals surface area contributed by atoms with Gasteiger partial charge in [-0.3, -0.25) is 4.79 Å². The maximum absolute atomic E-state index is 11.4. The van der Waals surface area contributed by atoms with Crippen LogP contribution in [0.4, 0.5) is 5.69 Å². The number of carbonyl (C=O) groups excluding carboxylic acids is 2. The zero-order chi connectivity index (χ0) is 11.3. The van der Waals surface area contributed by atoms with Gasteiger partial charge in [-0.25, -0.2) is 9.78 Å². The Balaban J connectivity index is 2.95. The van der Waals surface area contributed by atoms with Crippen molar-refractivity contribution in [3.05, 3.63) is 24.0 Å². The molecule has 1 aromatic rings. The van der Waals surface area contributed by atoms with Crippen LogP contribution in [0.15, 0.2) is 18.3 Å². The van der Waals surface area contributed by atoms with Crippen LogP contribution in [-0.4, -0.2) is 23.5 Å². The summed E-state index contributed by atoms with van der Waals surface area (Å²) < 4.78 is 4.80. The van der Waals surface area contributed by atoms with Gasteiger partial charge >= 0.3 is 5.97 Å². The van der Waals surface area contributed by atoms with Crippen LogP contribution in [0.2, 0.25) is 0 Å². The molecular weight excluding hydrogens is 196 g/mol. The van der Waals surface area contributed by atoms with Crippen LogP contribution in [0.1, 0.15) is 24.3 Å². The highest BCUT2D eigenvalue weighted by molar-refractivity contribution is 5.99. The van der Waals surface area contributed by atoms with Gasteiger partial charge in [-0.05, 0) is 19.1 Å². The molecule has 0 bridgehead atoms. The third-order valence-corrected chi connectivity index (χ3v) is 1.59. The fourth-order valence-corrected chi connectivity index (χ4v) is 1.06. The molecule has 1 aromatic heterocycles. The summed E-state index contributed by atoms with van der Waals surface area (Å²) >= 11 is 0. The number of esters is 1. The van der Waals surface area contributed by atoms with Gasteiger partial charge in [0, 0.05) is 13.1 Å². The number of rotatable bonds is 3. The van der Waals surface area contributed by atoms with Crippen LogP contribution in [0, 0.1) is 0 Å². The molecule has 1 amide bonds. The second kappa shape index (κ2) is 5.09. The number of nitrogens with one attached hydrogen (secondary N) is 1. The lowest BCUT2D eigenvalue weighted by molar-refractivity contribution is -0.114. The van der Waals surface area contributed by atoms with E-state index in [1.165, 1.54) is 13.1 Å². The highest BCUT2D eigenvalue weighted by Crippen LogP contribution is 2.12. The van der Waals surface area contributed by atoms with Crippen LogP contribution < -0.4 is 5.32 Å². The van der Waals surface area contributed by atoms with Gasteiger partial charge in [0.05, 0.1) is 12.3 Å². The van der Waals surface area contributed by atoms with Gasteiger partial charge in [0.2, 0.25) is 5.91 Å². The number of amides is 1. The Hall–Kier alpha value is -1.91. The zero-order valence-corrected chi connectivity index (χ0v) is 8.61. The van der Waals surface area contributed by atoms with E-state index in [9.17, 15) is 9.59 Å².